The Bertz CT molecular complexity index is 1320. The number of methoxy groups -OCH3 is 1. The average Bonchev–Trinajstić information content (AvgIpc) is 3.05. The van der Waals surface area contributed by atoms with Crippen molar-refractivity contribution in [3.63, 3.8) is 0 Å². The van der Waals surface area contributed by atoms with Gasteiger partial charge < -0.3 is 10.1 Å². The third-order valence-corrected chi connectivity index (χ3v) is 4.97. The fourth-order valence-electron chi connectivity index (χ4n) is 3.41. The number of carbonyl (C=O) groups excluding carboxylic acids is 2. The third-order valence-electron chi connectivity index (χ3n) is 4.97. The number of nitrogens with one attached hydrogen (secondary N) is 1. The Kier molecular flexibility index (Phi) is 5.57. The van der Waals surface area contributed by atoms with E-state index in [1.54, 1.807) is 18.2 Å². The molecule has 166 valence electrons. The molecule has 0 radical (unpaired) electrons. The molecule has 1 aliphatic heterocycles. The van der Waals surface area contributed by atoms with Crippen LogP contribution in [0.5, 0.6) is 5.75 Å². The number of ether oxygens (including phenoxy) is 1. The Hall–Kier alpha value is -4.60. The fraction of sp³-hybridized carbons (Fsp3) is 0.0435. The molecule has 4 rings (SSSR count). The number of hydrogen-bond donors (Lipinski definition) is 1. The number of halogens is 2. The molecule has 0 saturated carbocycles. The molecule has 0 saturated heterocycles. The second kappa shape index (κ2) is 8.50. The zero-order valence-corrected chi connectivity index (χ0v) is 17.0. The van der Waals surface area contributed by atoms with Crippen LogP contribution in [0.3, 0.4) is 0 Å². The van der Waals surface area contributed by atoms with Crippen molar-refractivity contribution in [1.29, 1.82) is 0 Å². The molecule has 1 N–H and O–H groups in total. The lowest BCUT2D eigenvalue weighted by molar-refractivity contribution is -0.384. The van der Waals surface area contributed by atoms with Crippen LogP contribution >= 0.6 is 0 Å². The number of nitro benzene ring substituents is 1. The summed E-state index contributed by atoms with van der Waals surface area (Å²) < 4.78 is 32.4. The van der Waals surface area contributed by atoms with E-state index in [-0.39, 0.29) is 39.6 Å². The maximum atomic E-state index is 13.7. The van der Waals surface area contributed by atoms with E-state index >= 15 is 0 Å². The summed E-state index contributed by atoms with van der Waals surface area (Å²) in [5, 5.41) is 13.7. The molecule has 0 atom stereocenters. The van der Waals surface area contributed by atoms with Gasteiger partial charge in [-0.3, -0.25) is 19.7 Å². The quantitative estimate of drug-likeness (QED) is 0.341. The first-order valence-electron chi connectivity index (χ1n) is 9.54. The minimum atomic E-state index is -1.14. The lowest BCUT2D eigenvalue weighted by Crippen LogP contribution is -2.32. The summed E-state index contributed by atoms with van der Waals surface area (Å²) in [5.74, 6) is -3.44. The Morgan fingerprint density at radius 2 is 1.64 bits per heavy atom. The number of rotatable bonds is 6. The first-order chi connectivity index (χ1) is 15.8. The minimum absolute atomic E-state index is 0.0336. The van der Waals surface area contributed by atoms with Crippen LogP contribution in [0.1, 0.15) is 5.56 Å². The average molecular weight is 451 g/mol. The second-order valence-electron chi connectivity index (χ2n) is 6.93. The van der Waals surface area contributed by atoms with Gasteiger partial charge in [-0.15, -0.1) is 0 Å². The highest BCUT2D eigenvalue weighted by atomic mass is 19.2. The maximum absolute atomic E-state index is 13.7. The third kappa shape index (κ3) is 3.89. The number of nitrogens with zero attached hydrogens (tertiary/aromatic N) is 2. The van der Waals surface area contributed by atoms with Crippen molar-refractivity contribution in [2.75, 3.05) is 17.3 Å². The van der Waals surface area contributed by atoms with Gasteiger partial charge in [0.05, 0.1) is 23.3 Å². The molecule has 0 spiro atoms. The summed E-state index contributed by atoms with van der Waals surface area (Å²) in [6.45, 7) is 0. The van der Waals surface area contributed by atoms with E-state index in [4.69, 9.17) is 4.74 Å². The number of nitro groups is 1. The first-order valence-corrected chi connectivity index (χ1v) is 9.54. The van der Waals surface area contributed by atoms with Crippen LogP contribution in [0, 0.1) is 21.7 Å². The number of benzene rings is 3. The van der Waals surface area contributed by atoms with Gasteiger partial charge >= 0.3 is 0 Å². The van der Waals surface area contributed by atoms with Crippen molar-refractivity contribution in [2.45, 2.75) is 0 Å². The molecule has 0 bridgehead atoms. The number of amides is 2. The van der Waals surface area contributed by atoms with Crippen LogP contribution in [-0.4, -0.2) is 23.8 Å². The molecular weight excluding hydrogens is 436 g/mol. The second-order valence-corrected chi connectivity index (χ2v) is 6.93. The predicted molar refractivity (Wildman–Crippen MR) is 115 cm³/mol. The molecule has 33 heavy (non-hydrogen) atoms. The van der Waals surface area contributed by atoms with Gasteiger partial charge in [0, 0.05) is 23.9 Å². The van der Waals surface area contributed by atoms with Gasteiger partial charge in [-0.05, 0) is 42.0 Å². The topological polar surface area (TPSA) is 102 Å². The molecule has 0 fully saturated rings. The van der Waals surface area contributed by atoms with Crippen molar-refractivity contribution in [3.8, 4) is 5.75 Å². The Labute approximate surface area is 185 Å². The largest absolute Gasteiger partial charge is 0.495 e. The predicted octanol–water partition coefficient (Wildman–Crippen LogP) is 4.28. The van der Waals surface area contributed by atoms with Gasteiger partial charge in [0.1, 0.15) is 11.4 Å². The highest BCUT2D eigenvalue weighted by molar-refractivity contribution is 6.46. The molecule has 10 heteroatoms. The van der Waals surface area contributed by atoms with Crippen LogP contribution in [0.2, 0.25) is 0 Å². The molecule has 1 aliphatic rings. The molecular formula is C23H15F2N3O5. The van der Waals surface area contributed by atoms with E-state index in [0.29, 0.717) is 0 Å². The van der Waals surface area contributed by atoms with E-state index < -0.39 is 28.4 Å². The van der Waals surface area contributed by atoms with Gasteiger partial charge in [0.2, 0.25) is 0 Å². The van der Waals surface area contributed by atoms with E-state index in [2.05, 4.69) is 5.32 Å². The summed E-state index contributed by atoms with van der Waals surface area (Å²) in [7, 11) is 1.38. The highest BCUT2D eigenvalue weighted by Crippen LogP contribution is 2.38. The Morgan fingerprint density at radius 3 is 2.27 bits per heavy atom. The molecule has 0 aliphatic carbocycles. The standard InChI is InChI=1S/C23H15F2N3O5/c1-33-19-5-3-2-4-18(19)27-22(29)20(13-6-9-15(10-7-13)28(31)32)21(23(27)30)26-14-8-11-16(24)17(25)12-14/h2-12,26H,1H3. The zero-order chi connectivity index (χ0) is 23.7. The van der Waals surface area contributed by atoms with Crippen LogP contribution in [0.15, 0.2) is 72.4 Å². The molecule has 0 unspecified atom stereocenters. The molecule has 2 amide bonds. The van der Waals surface area contributed by atoms with Gasteiger partial charge in [-0.2, -0.15) is 0 Å². The molecule has 3 aromatic carbocycles. The zero-order valence-electron chi connectivity index (χ0n) is 17.0. The van der Waals surface area contributed by atoms with Crippen molar-refractivity contribution in [2.24, 2.45) is 0 Å². The lowest BCUT2D eigenvalue weighted by atomic mass is 10.0. The number of anilines is 2. The van der Waals surface area contributed by atoms with Crippen molar-refractivity contribution in [1.82, 2.24) is 0 Å². The normalized spacial score (nSPS) is 13.5. The van der Waals surface area contributed by atoms with Crippen LogP contribution in [-0.2, 0) is 9.59 Å². The maximum Gasteiger partial charge on any atom is 0.282 e. The number of para-hydroxylation sites is 2. The monoisotopic (exact) mass is 451 g/mol. The van der Waals surface area contributed by atoms with Crippen molar-refractivity contribution >= 4 is 34.4 Å². The van der Waals surface area contributed by atoms with Gasteiger partial charge in [-0.25, -0.2) is 13.7 Å². The summed E-state index contributed by atoms with van der Waals surface area (Å²) >= 11 is 0. The fourth-order valence-corrected chi connectivity index (χ4v) is 3.41. The highest BCUT2D eigenvalue weighted by Gasteiger charge is 2.41. The van der Waals surface area contributed by atoms with E-state index in [0.717, 1.165) is 17.0 Å². The van der Waals surface area contributed by atoms with Gasteiger partial charge in [0.15, 0.2) is 11.6 Å². The first kappa shape index (κ1) is 21.6. The molecule has 1 heterocycles. The SMILES string of the molecule is COc1ccccc1N1C(=O)C(Nc2ccc(F)c(F)c2)=C(c2ccc([N+](=O)[O-])cc2)C1=O. The van der Waals surface area contributed by atoms with Gasteiger partial charge in [-0.1, -0.05) is 12.1 Å². The lowest BCUT2D eigenvalue weighted by Gasteiger charge is -2.18. The summed E-state index contributed by atoms with van der Waals surface area (Å²) in [4.78, 5) is 38.0. The van der Waals surface area contributed by atoms with E-state index in [1.807, 2.05) is 0 Å². The van der Waals surface area contributed by atoms with Crippen LogP contribution in [0.25, 0.3) is 5.57 Å². The Balaban J connectivity index is 1.84. The van der Waals surface area contributed by atoms with Crippen LogP contribution < -0.4 is 15.0 Å². The minimum Gasteiger partial charge on any atom is -0.495 e. The molecule has 3 aromatic rings. The summed E-state index contributed by atoms with van der Waals surface area (Å²) in [6, 6.07) is 14.4. The molecule has 0 aromatic heterocycles. The number of hydrogen-bond acceptors (Lipinski definition) is 6. The number of imide groups is 1. The van der Waals surface area contributed by atoms with Crippen molar-refractivity contribution < 1.29 is 28.0 Å². The summed E-state index contributed by atoms with van der Waals surface area (Å²) in [5.41, 5.74) is -0.0617. The van der Waals surface area contributed by atoms with Crippen molar-refractivity contribution in [3.05, 3.63) is 99.7 Å². The van der Waals surface area contributed by atoms with Gasteiger partial charge in [0.25, 0.3) is 17.5 Å². The Morgan fingerprint density at radius 1 is 0.939 bits per heavy atom. The summed E-state index contributed by atoms with van der Waals surface area (Å²) in [6.07, 6.45) is 0. The van der Waals surface area contributed by atoms with Crippen LogP contribution in [0.4, 0.5) is 25.8 Å². The van der Waals surface area contributed by atoms with E-state index in [9.17, 15) is 28.5 Å². The number of non-ortho nitro benzene ring substituents is 1. The number of carbonyl (C=O) groups is 2. The van der Waals surface area contributed by atoms with E-state index in [1.165, 1.54) is 43.5 Å². The smallest absolute Gasteiger partial charge is 0.282 e. The molecule has 8 nitrogen and oxygen atoms in total.